The van der Waals surface area contributed by atoms with Gasteiger partial charge in [-0.05, 0) is 67.5 Å². The van der Waals surface area contributed by atoms with Crippen LogP contribution in [0.4, 0.5) is 10.1 Å². The van der Waals surface area contributed by atoms with Gasteiger partial charge in [-0.15, -0.1) is 0 Å². The molecule has 0 aromatic heterocycles. The fourth-order valence-electron chi connectivity index (χ4n) is 5.02. The van der Waals surface area contributed by atoms with Crippen LogP contribution in [-0.4, -0.2) is 32.2 Å². The van der Waals surface area contributed by atoms with Crippen LogP contribution < -0.4 is 4.72 Å². The third-order valence-electron chi connectivity index (χ3n) is 6.38. The van der Waals surface area contributed by atoms with Crippen molar-refractivity contribution in [1.29, 1.82) is 0 Å². The summed E-state index contributed by atoms with van der Waals surface area (Å²) in [5, 5.41) is 0.421. The summed E-state index contributed by atoms with van der Waals surface area (Å²) in [6.45, 7) is 1.50. The van der Waals surface area contributed by atoms with Gasteiger partial charge in [-0.1, -0.05) is 36.2 Å². The van der Waals surface area contributed by atoms with E-state index in [2.05, 4.69) is 15.7 Å². The molecule has 0 spiro atoms. The first-order valence-electron chi connectivity index (χ1n) is 10.0. The van der Waals surface area contributed by atoms with Gasteiger partial charge < -0.3 is 0 Å². The van der Waals surface area contributed by atoms with Crippen LogP contribution in [0.5, 0.6) is 0 Å². The van der Waals surface area contributed by atoms with Crippen LogP contribution in [0.25, 0.3) is 0 Å². The number of halogens is 2. The van der Waals surface area contributed by atoms with Crippen LogP contribution in [0.15, 0.2) is 42.5 Å². The molecule has 2 atom stereocenters. The Hall–Kier alpha value is -1.63. The molecule has 0 amide bonds. The minimum Gasteiger partial charge on any atom is -0.296 e. The molecule has 156 valence electrons. The lowest BCUT2D eigenvalue weighted by Crippen LogP contribution is -2.51. The van der Waals surface area contributed by atoms with Crippen LogP contribution >= 0.6 is 11.6 Å². The Morgan fingerprint density at radius 1 is 1.24 bits per heavy atom. The average molecular weight is 437 g/mol. The highest BCUT2D eigenvalue weighted by Gasteiger charge is 2.43. The number of nitrogens with one attached hydrogen (secondary N) is 1. The minimum atomic E-state index is -3.30. The standard InChI is InChI=1S/C22H26ClFN2O2S/c1-29(27,28)25-19-5-2-4-17(12-19)22-9-3-6-20(14-22)26(11-10-22)15-16-7-8-18(23)13-21(16)24/h2,4-5,7-8,12-13,20,25H,3,6,9-11,14-15H2,1H3. The lowest BCUT2D eigenvalue weighted by molar-refractivity contribution is 0.0452. The summed E-state index contributed by atoms with van der Waals surface area (Å²) in [4.78, 5) is 2.39. The maximum atomic E-state index is 14.3. The van der Waals surface area contributed by atoms with Crippen LogP contribution in [0.1, 0.15) is 43.2 Å². The normalized spacial score (nSPS) is 25.0. The Labute approximate surface area is 177 Å². The Bertz CT molecular complexity index is 1010. The summed E-state index contributed by atoms with van der Waals surface area (Å²) >= 11 is 5.89. The fourth-order valence-corrected chi connectivity index (χ4v) is 5.73. The number of hydrogen-bond donors (Lipinski definition) is 1. The van der Waals surface area contributed by atoms with Crippen LogP contribution in [0.3, 0.4) is 0 Å². The van der Waals surface area contributed by atoms with Gasteiger partial charge in [0.05, 0.1) is 6.26 Å². The summed E-state index contributed by atoms with van der Waals surface area (Å²) in [5.41, 5.74) is 2.57. The lowest BCUT2D eigenvalue weighted by Gasteiger charge is -2.51. The molecular weight excluding hydrogens is 411 g/mol. The molecule has 2 aliphatic rings. The van der Waals surface area contributed by atoms with E-state index in [9.17, 15) is 12.8 Å². The zero-order chi connectivity index (χ0) is 20.6. The van der Waals surface area contributed by atoms with Crippen molar-refractivity contribution in [2.24, 2.45) is 0 Å². The first kappa shape index (κ1) is 20.6. The van der Waals surface area contributed by atoms with Gasteiger partial charge in [-0.3, -0.25) is 9.62 Å². The van der Waals surface area contributed by atoms with E-state index in [1.807, 2.05) is 12.1 Å². The molecule has 1 N–H and O–H groups in total. The zero-order valence-corrected chi connectivity index (χ0v) is 18.1. The van der Waals surface area contributed by atoms with Crippen LogP contribution in [0, 0.1) is 5.82 Å². The number of rotatable bonds is 5. The second kappa shape index (κ2) is 7.89. The van der Waals surface area contributed by atoms with Crippen LogP contribution in [0.2, 0.25) is 5.02 Å². The van der Waals surface area contributed by atoms with E-state index in [0.717, 1.165) is 38.6 Å². The molecule has 29 heavy (non-hydrogen) atoms. The highest BCUT2D eigenvalue weighted by Crippen LogP contribution is 2.47. The quantitative estimate of drug-likeness (QED) is 0.722. The SMILES string of the molecule is CS(=O)(=O)Nc1cccc(C23CCCC(C2)N(Cc2ccc(Cl)cc2F)CC3)c1. The fraction of sp³-hybridized carbons (Fsp3) is 0.455. The minimum absolute atomic E-state index is 0.0626. The number of benzene rings is 2. The van der Waals surface area contributed by atoms with Gasteiger partial charge in [-0.25, -0.2) is 12.8 Å². The predicted octanol–water partition coefficient (Wildman–Crippen LogP) is 4.94. The van der Waals surface area contributed by atoms with Gasteiger partial charge in [0.25, 0.3) is 0 Å². The molecule has 2 unspecified atom stereocenters. The summed E-state index contributed by atoms with van der Waals surface area (Å²) in [7, 11) is -3.30. The molecule has 1 aliphatic carbocycles. The molecule has 4 nitrogen and oxygen atoms in total. The largest absolute Gasteiger partial charge is 0.296 e. The van der Waals surface area contributed by atoms with E-state index < -0.39 is 10.0 Å². The van der Waals surface area contributed by atoms with Crippen molar-refractivity contribution < 1.29 is 12.8 Å². The topological polar surface area (TPSA) is 49.4 Å². The second-order valence-corrected chi connectivity index (χ2v) is 10.6. The monoisotopic (exact) mass is 436 g/mol. The molecule has 2 aromatic carbocycles. The molecule has 2 fully saturated rings. The summed E-state index contributed by atoms with van der Waals surface area (Å²) in [6, 6.07) is 13.1. The van der Waals surface area contributed by atoms with E-state index in [1.54, 1.807) is 18.2 Å². The highest BCUT2D eigenvalue weighted by atomic mass is 35.5. The van der Waals surface area contributed by atoms with E-state index >= 15 is 0 Å². The molecule has 2 aromatic rings. The van der Waals surface area contributed by atoms with Crippen molar-refractivity contribution in [2.45, 2.75) is 50.1 Å². The predicted molar refractivity (Wildman–Crippen MR) is 115 cm³/mol. The molecule has 1 saturated heterocycles. The third-order valence-corrected chi connectivity index (χ3v) is 7.22. The maximum absolute atomic E-state index is 14.3. The highest BCUT2D eigenvalue weighted by molar-refractivity contribution is 7.92. The number of hydrogen-bond acceptors (Lipinski definition) is 3. The average Bonchev–Trinajstić information content (AvgIpc) is 2.65. The smallest absolute Gasteiger partial charge is 0.229 e. The summed E-state index contributed by atoms with van der Waals surface area (Å²) in [6.07, 6.45) is 6.51. The Morgan fingerprint density at radius 3 is 2.83 bits per heavy atom. The third kappa shape index (κ3) is 4.60. The maximum Gasteiger partial charge on any atom is 0.229 e. The van der Waals surface area contributed by atoms with E-state index in [4.69, 9.17) is 11.6 Å². The van der Waals surface area contributed by atoms with Crippen molar-refractivity contribution in [3.63, 3.8) is 0 Å². The Kier molecular flexibility index (Phi) is 5.62. The number of fused-ring (bicyclic) bond motifs is 2. The second-order valence-electron chi connectivity index (χ2n) is 8.44. The zero-order valence-electron chi connectivity index (χ0n) is 16.5. The number of sulfonamides is 1. The molecule has 7 heteroatoms. The number of likely N-dealkylation sites (tertiary alicyclic amines) is 1. The van der Waals surface area contributed by atoms with Gasteiger partial charge in [-0.2, -0.15) is 0 Å². The van der Waals surface area contributed by atoms with E-state index in [0.29, 0.717) is 28.9 Å². The molecular formula is C22H26ClFN2O2S. The van der Waals surface area contributed by atoms with Crippen molar-refractivity contribution in [2.75, 3.05) is 17.5 Å². The molecule has 4 rings (SSSR count). The summed E-state index contributed by atoms with van der Waals surface area (Å²) in [5.74, 6) is -0.246. The first-order chi connectivity index (χ1) is 13.7. The van der Waals surface area contributed by atoms with Crippen molar-refractivity contribution in [3.05, 3.63) is 64.4 Å². The molecule has 2 bridgehead atoms. The Balaban J connectivity index is 1.54. The van der Waals surface area contributed by atoms with Crippen molar-refractivity contribution in [3.8, 4) is 0 Å². The van der Waals surface area contributed by atoms with E-state index in [-0.39, 0.29) is 11.2 Å². The molecule has 1 saturated carbocycles. The van der Waals surface area contributed by atoms with Crippen LogP contribution in [-0.2, 0) is 22.0 Å². The van der Waals surface area contributed by atoms with E-state index in [1.165, 1.54) is 17.9 Å². The molecule has 0 radical (unpaired) electrons. The summed E-state index contributed by atoms with van der Waals surface area (Å²) < 4.78 is 40.1. The van der Waals surface area contributed by atoms with Gasteiger partial charge in [0.1, 0.15) is 5.82 Å². The lowest BCUT2D eigenvalue weighted by atomic mass is 9.63. The van der Waals surface area contributed by atoms with Gasteiger partial charge in [0.15, 0.2) is 0 Å². The van der Waals surface area contributed by atoms with Gasteiger partial charge in [0.2, 0.25) is 10.0 Å². The molecule has 1 aliphatic heterocycles. The van der Waals surface area contributed by atoms with Gasteiger partial charge >= 0.3 is 0 Å². The number of anilines is 1. The van der Waals surface area contributed by atoms with Crippen molar-refractivity contribution in [1.82, 2.24) is 4.90 Å². The number of piperidine rings is 1. The first-order valence-corrected chi connectivity index (χ1v) is 12.3. The van der Waals surface area contributed by atoms with Crippen molar-refractivity contribution >= 4 is 27.3 Å². The Morgan fingerprint density at radius 2 is 2.07 bits per heavy atom. The molecule has 1 heterocycles. The number of nitrogens with zero attached hydrogens (tertiary/aromatic N) is 1. The van der Waals surface area contributed by atoms with Gasteiger partial charge in [0, 0.05) is 28.9 Å².